The Labute approximate surface area is 161 Å². The van der Waals surface area contributed by atoms with E-state index in [0.717, 1.165) is 18.4 Å². The summed E-state index contributed by atoms with van der Waals surface area (Å²) in [6, 6.07) is 4.19. The van der Waals surface area contributed by atoms with Crippen molar-refractivity contribution in [2.24, 2.45) is 0 Å². The Bertz CT molecular complexity index is 845. The van der Waals surface area contributed by atoms with Crippen molar-refractivity contribution in [3.05, 3.63) is 68.6 Å². The first-order valence-corrected chi connectivity index (χ1v) is 8.97. The smallest absolute Gasteiger partial charge is 0.254 e. The molecule has 0 radical (unpaired) electrons. The van der Waals surface area contributed by atoms with E-state index >= 15 is 0 Å². The minimum absolute atomic E-state index is 0.144. The van der Waals surface area contributed by atoms with Gasteiger partial charge in [-0.1, -0.05) is 23.2 Å². The highest BCUT2D eigenvalue weighted by Crippen LogP contribution is 2.28. The van der Waals surface area contributed by atoms with Gasteiger partial charge in [0.05, 0.1) is 5.03 Å². The fraction of sp³-hybridized carbons (Fsp3) is 0.263. The minimum Gasteiger partial charge on any atom is -0.387 e. The van der Waals surface area contributed by atoms with Crippen LogP contribution in [0.1, 0.15) is 28.8 Å². The van der Waals surface area contributed by atoms with E-state index in [1.165, 1.54) is 24.4 Å². The van der Waals surface area contributed by atoms with Gasteiger partial charge in [-0.3, -0.25) is 4.79 Å². The number of carbonyl (C=O) groups is 1. The Morgan fingerprint density at radius 1 is 1.35 bits per heavy atom. The van der Waals surface area contributed by atoms with Crippen LogP contribution in [-0.4, -0.2) is 30.1 Å². The van der Waals surface area contributed by atoms with Crippen LogP contribution in [-0.2, 0) is 6.54 Å². The molecule has 2 N–H and O–H groups in total. The first kappa shape index (κ1) is 18.7. The molecule has 0 unspecified atom stereocenters. The topological polar surface area (TPSA) is 56.2 Å². The molecule has 0 spiro atoms. The lowest BCUT2D eigenvalue weighted by atomic mass is 10.1. The number of nitrogens with zero attached hydrogens (tertiary/aromatic N) is 1. The molecule has 1 aliphatic carbocycles. The van der Waals surface area contributed by atoms with Crippen molar-refractivity contribution in [2.45, 2.75) is 19.4 Å². The van der Waals surface area contributed by atoms with Crippen molar-refractivity contribution in [3.8, 4) is 0 Å². The number of rotatable bonds is 6. The molecule has 7 heteroatoms. The van der Waals surface area contributed by atoms with Crippen LogP contribution in [0.3, 0.4) is 0 Å². The normalized spacial score (nSPS) is 17.3. The van der Waals surface area contributed by atoms with Crippen LogP contribution >= 0.6 is 23.2 Å². The van der Waals surface area contributed by atoms with Crippen LogP contribution in [0.25, 0.3) is 0 Å². The monoisotopic (exact) mass is 393 g/mol. The molecule has 1 heterocycles. The molecule has 0 fully saturated rings. The SMILES string of the molecule is N=C/C(=C\NCC1=CC(Cl)=C(Cl)CC1)CN1Cc2cc(F)ccc2C1=O. The Morgan fingerprint density at radius 2 is 2.15 bits per heavy atom. The molecular weight excluding hydrogens is 376 g/mol. The minimum atomic E-state index is -0.351. The van der Waals surface area contributed by atoms with Gasteiger partial charge < -0.3 is 15.6 Å². The largest absolute Gasteiger partial charge is 0.387 e. The average molecular weight is 394 g/mol. The third-order valence-corrected chi connectivity index (χ3v) is 5.20. The van der Waals surface area contributed by atoms with Crippen LogP contribution < -0.4 is 5.32 Å². The average Bonchev–Trinajstić information content (AvgIpc) is 2.92. The first-order valence-electron chi connectivity index (χ1n) is 8.22. The number of hydrogen-bond donors (Lipinski definition) is 2. The van der Waals surface area contributed by atoms with Gasteiger partial charge >= 0.3 is 0 Å². The van der Waals surface area contributed by atoms with Crippen molar-refractivity contribution < 1.29 is 9.18 Å². The summed E-state index contributed by atoms with van der Waals surface area (Å²) in [5.41, 5.74) is 2.98. The molecule has 0 bridgehead atoms. The summed E-state index contributed by atoms with van der Waals surface area (Å²) in [6.45, 7) is 1.23. The lowest BCUT2D eigenvalue weighted by Crippen LogP contribution is -2.27. The molecular formula is C19H18Cl2FN3O. The highest BCUT2D eigenvalue weighted by atomic mass is 35.5. The molecule has 1 amide bonds. The zero-order valence-corrected chi connectivity index (χ0v) is 15.5. The lowest BCUT2D eigenvalue weighted by Gasteiger charge is -2.17. The second-order valence-corrected chi connectivity index (χ2v) is 7.13. The highest BCUT2D eigenvalue weighted by Gasteiger charge is 2.27. The molecule has 2 aliphatic rings. The number of nitrogens with one attached hydrogen (secondary N) is 2. The number of hydrogen-bond acceptors (Lipinski definition) is 3. The van der Waals surface area contributed by atoms with Gasteiger partial charge in [-0.05, 0) is 48.3 Å². The third kappa shape index (κ3) is 4.17. The first-order chi connectivity index (χ1) is 12.5. The second kappa shape index (κ2) is 8.06. The summed E-state index contributed by atoms with van der Waals surface area (Å²) in [4.78, 5) is 14.0. The van der Waals surface area contributed by atoms with Crippen molar-refractivity contribution >= 4 is 35.3 Å². The van der Waals surface area contributed by atoms with E-state index in [1.54, 1.807) is 11.1 Å². The Morgan fingerprint density at radius 3 is 2.88 bits per heavy atom. The van der Waals surface area contributed by atoms with Crippen molar-refractivity contribution in [1.82, 2.24) is 10.2 Å². The van der Waals surface area contributed by atoms with Gasteiger partial charge in [-0.25, -0.2) is 4.39 Å². The van der Waals surface area contributed by atoms with Gasteiger partial charge in [0, 0.05) is 48.2 Å². The number of halogens is 3. The molecule has 0 saturated heterocycles. The molecule has 0 saturated carbocycles. The van der Waals surface area contributed by atoms with Crippen LogP contribution in [0.4, 0.5) is 4.39 Å². The van der Waals surface area contributed by atoms with Gasteiger partial charge in [0.25, 0.3) is 5.91 Å². The summed E-state index contributed by atoms with van der Waals surface area (Å²) >= 11 is 12.0. The summed E-state index contributed by atoms with van der Waals surface area (Å²) in [7, 11) is 0. The van der Waals surface area contributed by atoms with Crippen molar-refractivity contribution in [1.29, 1.82) is 5.41 Å². The Hall–Kier alpha value is -2.11. The number of carbonyl (C=O) groups excluding carboxylic acids is 1. The van der Waals surface area contributed by atoms with E-state index in [0.29, 0.717) is 39.9 Å². The van der Waals surface area contributed by atoms with Gasteiger partial charge in [-0.15, -0.1) is 0 Å². The number of amides is 1. The fourth-order valence-corrected chi connectivity index (χ4v) is 3.40. The van der Waals surface area contributed by atoms with Crippen LogP contribution in [0.2, 0.25) is 0 Å². The maximum absolute atomic E-state index is 13.3. The van der Waals surface area contributed by atoms with Crippen LogP contribution in [0.5, 0.6) is 0 Å². The molecule has 136 valence electrons. The Balaban J connectivity index is 1.60. The maximum Gasteiger partial charge on any atom is 0.254 e. The number of benzene rings is 1. The second-order valence-electron chi connectivity index (χ2n) is 6.26. The van der Waals surface area contributed by atoms with Crippen molar-refractivity contribution in [3.63, 3.8) is 0 Å². The van der Waals surface area contributed by atoms with E-state index in [1.807, 2.05) is 6.08 Å². The summed E-state index contributed by atoms with van der Waals surface area (Å²) in [6.07, 6.45) is 6.35. The molecule has 1 aromatic rings. The van der Waals surface area contributed by atoms with Gasteiger partial charge in [0.15, 0.2) is 0 Å². The van der Waals surface area contributed by atoms with Crippen LogP contribution in [0.15, 0.2) is 51.7 Å². The standard InChI is InChI=1S/C19H18Cl2FN3O/c20-17-4-1-12(5-18(17)21)8-24-9-13(7-23)10-25-11-14-6-15(22)2-3-16(14)19(25)26/h2-3,5-7,9,23-24H,1,4,8,10-11H2/b13-9+,23-7?. The van der Waals surface area contributed by atoms with Gasteiger partial charge in [-0.2, -0.15) is 0 Å². The van der Waals surface area contributed by atoms with E-state index < -0.39 is 0 Å². The molecule has 1 aliphatic heterocycles. The summed E-state index contributed by atoms with van der Waals surface area (Å²) in [5, 5.41) is 12.0. The summed E-state index contributed by atoms with van der Waals surface area (Å²) in [5.74, 6) is -0.495. The fourth-order valence-electron chi connectivity index (χ4n) is 3.00. The number of fused-ring (bicyclic) bond motifs is 1. The predicted octanol–water partition coefficient (Wildman–Crippen LogP) is 4.31. The third-order valence-electron chi connectivity index (χ3n) is 4.38. The van der Waals surface area contributed by atoms with E-state index in [4.69, 9.17) is 28.6 Å². The van der Waals surface area contributed by atoms with Crippen LogP contribution in [0, 0.1) is 11.2 Å². The zero-order chi connectivity index (χ0) is 18.7. The lowest BCUT2D eigenvalue weighted by molar-refractivity contribution is 0.0794. The molecule has 0 aromatic heterocycles. The van der Waals surface area contributed by atoms with Gasteiger partial charge in [0.2, 0.25) is 0 Å². The molecule has 1 aromatic carbocycles. The molecule has 3 rings (SSSR count). The number of allylic oxidation sites excluding steroid dienone is 3. The molecule has 26 heavy (non-hydrogen) atoms. The van der Waals surface area contributed by atoms with E-state index in [9.17, 15) is 9.18 Å². The van der Waals surface area contributed by atoms with Gasteiger partial charge in [0.1, 0.15) is 5.82 Å². The molecule has 4 nitrogen and oxygen atoms in total. The van der Waals surface area contributed by atoms with Crippen molar-refractivity contribution in [2.75, 3.05) is 13.1 Å². The van der Waals surface area contributed by atoms with E-state index in [-0.39, 0.29) is 18.3 Å². The zero-order valence-electron chi connectivity index (χ0n) is 14.0. The predicted molar refractivity (Wildman–Crippen MR) is 102 cm³/mol. The Kier molecular flexibility index (Phi) is 5.79. The molecule has 0 atom stereocenters. The highest BCUT2D eigenvalue weighted by molar-refractivity contribution is 6.40. The quantitative estimate of drug-likeness (QED) is 0.707. The maximum atomic E-state index is 13.3. The van der Waals surface area contributed by atoms with E-state index in [2.05, 4.69) is 5.32 Å². The summed E-state index contributed by atoms with van der Waals surface area (Å²) < 4.78 is 13.3.